The van der Waals surface area contributed by atoms with E-state index in [0.29, 0.717) is 12.0 Å². The maximum Gasteiger partial charge on any atom is 0.191 e. The average Bonchev–Trinajstić information content (AvgIpc) is 3.20. The van der Waals surface area contributed by atoms with Gasteiger partial charge in [0.05, 0.1) is 6.54 Å². The molecule has 3 rings (SSSR count). The second-order valence-corrected chi connectivity index (χ2v) is 7.12. The first kappa shape index (κ1) is 22.6. The van der Waals surface area contributed by atoms with Gasteiger partial charge in [0.2, 0.25) is 0 Å². The third kappa shape index (κ3) is 6.16. The van der Waals surface area contributed by atoms with Crippen molar-refractivity contribution in [1.82, 2.24) is 25.4 Å². The molecule has 0 saturated heterocycles. The number of nitrogens with one attached hydrogen (secondary N) is 2. The number of hydrogen-bond donors (Lipinski definition) is 2. The second kappa shape index (κ2) is 11.4. The molecule has 1 aliphatic carbocycles. The van der Waals surface area contributed by atoms with Crippen LogP contribution in [0.5, 0.6) is 0 Å². The van der Waals surface area contributed by atoms with Gasteiger partial charge in [-0.15, -0.1) is 24.0 Å². The van der Waals surface area contributed by atoms with Crippen molar-refractivity contribution in [3.8, 4) is 5.82 Å². The number of hydrogen-bond acceptors (Lipinski definition) is 4. The Morgan fingerprint density at radius 1 is 1.32 bits per heavy atom. The van der Waals surface area contributed by atoms with Gasteiger partial charge < -0.3 is 15.4 Å². The maximum atomic E-state index is 5.29. The van der Waals surface area contributed by atoms with Crippen LogP contribution in [0.15, 0.2) is 41.8 Å². The van der Waals surface area contributed by atoms with Crippen LogP contribution in [-0.4, -0.2) is 47.5 Å². The first-order valence-corrected chi connectivity index (χ1v) is 9.71. The smallest absolute Gasteiger partial charge is 0.191 e. The minimum atomic E-state index is 0. The van der Waals surface area contributed by atoms with E-state index in [0.717, 1.165) is 43.5 Å². The number of methoxy groups -OCH3 is 1. The zero-order valence-electron chi connectivity index (χ0n) is 16.7. The fraction of sp³-hybridized carbons (Fsp3) is 0.550. The van der Waals surface area contributed by atoms with Gasteiger partial charge in [-0.25, -0.2) is 14.7 Å². The highest BCUT2D eigenvalue weighted by Gasteiger charge is 2.36. The molecule has 0 bridgehead atoms. The van der Waals surface area contributed by atoms with Gasteiger partial charge in [0.25, 0.3) is 0 Å². The topological polar surface area (TPSA) is 76.4 Å². The Morgan fingerprint density at radius 2 is 2.18 bits per heavy atom. The number of guanidine groups is 1. The molecule has 0 aliphatic heterocycles. The van der Waals surface area contributed by atoms with Crippen molar-refractivity contribution in [1.29, 1.82) is 0 Å². The van der Waals surface area contributed by atoms with E-state index < -0.39 is 0 Å². The van der Waals surface area contributed by atoms with Crippen LogP contribution in [0.25, 0.3) is 5.82 Å². The van der Waals surface area contributed by atoms with Crippen LogP contribution in [0.3, 0.4) is 0 Å². The lowest BCUT2D eigenvalue weighted by Gasteiger charge is -2.42. The molecule has 2 heterocycles. The minimum absolute atomic E-state index is 0. The SMILES string of the molecule is CCNC(=NCc1ccnc(-n2cccn2)c1)NCC1(CCOC)CCC1.I. The summed E-state index contributed by atoms with van der Waals surface area (Å²) < 4.78 is 7.04. The molecule has 0 atom stereocenters. The summed E-state index contributed by atoms with van der Waals surface area (Å²) in [5, 5.41) is 11.1. The van der Waals surface area contributed by atoms with E-state index in [1.807, 2.05) is 24.4 Å². The van der Waals surface area contributed by atoms with E-state index in [-0.39, 0.29) is 24.0 Å². The molecule has 0 radical (unpaired) electrons. The Morgan fingerprint density at radius 3 is 2.82 bits per heavy atom. The van der Waals surface area contributed by atoms with Gasteiger partial charge in [-0.1, -0.05) is 6.42 Å². The van der Waals surface area contributed by atoms with Gasteiger partial charge in [0.15, 0.2) is 11.8 Å². The van der Waals surface area contributed by atoms with Crippen LogP contribution >= 0.6 is 24.0 Å². The van der Waals surface area contributed by atoms with Crippen LogP contribution < -0.4 is 10.6 Å². The van der Waals surface area contributed by atoms with Crippen LogP contribution in [-0.2, 0) is 11.3 Å². The summed E-state index contributed by atoms with van der Waals surface area (Å²) in [5.41, 5.74) is 1.46. The molecule has 2 aromatic rings. The quantitative estimate of drug-likeness (QED) is 0.316. The van der Waals surface area contributed by atoms with E-state index in [4.69, 9.17) is 9.73 Å². The summed E-state index contributed by atoms with van der Waals surface area (Å²) in [5.74, 6) is 1.66. The first-order chi connectivity index (χ1) is 13.2. The zero-order chi connectivity index (χ0) is 19.0. The number of pyridine rings is 1. The van der Waals surface area contributed by atoms with Crippen molar-refractivity contribution < 1.29 is 4.74 Å². The Kier molecular flexibility index (Phi) is 9.17. The standard InChI is InChI=1S/C20H30N6O.HI/c1-3-21-19(24-16-20(7-4-8-20)9-13-27-2)23-15-17-6-11-22-18(14-17)26-12-5-10-25-26;/h5-6,10-12,14H,3-4,7-9,13,15-16H2,1-2H3,(H2,21,23,24);1H. The second-order valence-electron chi connectivity index (χ2n) is 7.12. The summed E-state index contributed by atoms with van der Waals surface area (Å²) in [6, 6.07) is 5.90. The minimum Gasteiger partial charge on any atom is -0.385 e. The van der Waals surface area contributed by atoms with Crippen molar-refractivity contribution in [2.75, 3.05) is 26.8 Å². The molecular weight excluding hydrogens is 467 g/mol. The van der Waals surface area contributed by atoms with Crippen molar-refractivity contribution in [2.45, 2.75) is 39.2 Å². The van der Waals surface area contributed by atoms with E-state index in [1.54, 1.807) is 24.2 Å². The molecule has 1 saturated carbocycles. The molecular formula is C20H31IN6O. The highest BCUT2D eigenvalue weighted by molar-refractivity contribution is 14.0. The predicted octanol–water partition coefficient (Wildman–Crippen LogP) is 3.15. The molecule has 0 aromatic carbocycles. The number of nitrogens with zero attached hydrogens (tertiary/aromatic N) is 4. The fourth-order valence-electron chi connectivity index (χ4n) is 3.38. The molecule has 8 heteroatoms. The van der Waals surface area contributed by atoms with Gasteiger partial charge in [-0.05, 0) is 55.4 Å². The number of aliphatic imine (C=N–C) groups is 1. The van der Waals surface area contributed by atoms with E-state index in [1.165, 1.54) is 19.3 Å². The van der Waals surface area contributed by atoms with Crippen molar-refractivity contribution in [3.63, 3.8) is 0 Å². The Labute approximate surface area is 184 Å². The molecule has 0 unspecified atom stereocenters. The summed E-state index contributed by atoms with van der Waals surface area (Å²) in [4.78, 5) is 9.12. The first-order valence-electron chi connectivity index (χ1n) is 9.71. The van der Waals surface area contributed by atoms with Crippen LogP contribution in [0.2, 0.25) is 0 Å². The van der Waals surface area contributed by atoms with Gasteiger partial charge >= 0.3 is 0 Å². The lowest BCUT2D eigenvalue weighted by Crippen LogP contribution is -2.46. The highest BCUT2D eigenvalue weighted by atomic mass is 127. The molecule has 7 nitrogen and oxygen atoms in total. The molecule has 2 N–H and O–H groups in total. The van der Waals surface area contributed by atoms with E-state index in [9.17, 15) is 0 Å². The lowest BCUT2D eigenvalue weighted by molar-refractivity contribution is 0.0732. The van der Waals surface area contributed by atoms with Crippen molar-refractivity contribution in [2.24, 2.45) is 10.4 Å². The molecule has 1 fully saturated rings. The third-order valence-electron chi connectivity index (χ3n) is 5.19. The number of aromatic nitrogens is 3. The Bertz CT molecular complexity index is 730. The highest BCUT2D eigenvalue weighted by Crippen LogP contribution is 2.43. The Balaban J connectivity index is 0.00000280. The van der Waals surface area contributed by atoms with E-state index >= 15 is 0 Å². The van der Waals surface area contributed by atoms with Gasteiger partial charge in [-0.2, -0.15) is 5.10 Å². The predicted molar refractivity (Wildman–Crippen MR) is 122 cm³/mol. The maximum absolute atomic E-state index is 5.29. The number of ether oxygens (including phenoxy) is 1. The third-order valence-corrected chi connectivity index (χ3v) is 5.19. The average molecular weight is 498 g/mol. The normalized spacial score (nSPS) is 15.4. The van der Waals surface area contributed by atoms with Gasteiger partial charge in [-0.3, -0.25) is 0 Å². The summed E-state index contributed by atoms with van der Waals surface area (Å²) in [6.07, 6.45) is 10.4. The summed E-state index contributed by atoms with van der Waals surface area (Å²) >= 11 is 0. The van der Waals surface area contributed by atoms with Gasteiger partial charge in [0.1, 0.15) is 0 Å². The summed E-state index contributed by atoms with van der Waals surface area (Å²) in [7, 11) is 1.78. The fourth-order valence-corrected chi connectivity index (χ4v) is 3.38. The summed E-state index contributed by atoms with van der Waals surface area (Å²) in [6.45, 7) is 5.28. The van der Waals surface area contributed by atoms with Gasteiger partial charge in [0, 0.05) is 45.4 Å². The van der Waals surface area contributed by atoms with E-state index in [2.05, 4.69) is 27.6 Å². The largest absolute Gasteiger partial charge is 0.385 e. The molecule has 154 valence electrons. The molecule has 2 aromatic heterocycles. The number of halogens is 1. The zero-order valence-corrected chi connectivity index (χ0v) is 19.1. The number of rotatable bonds is 9. The van der Waals surface area contributed by atoms with Crippen molar-refractivity contribution in [3.05, 3.63) is 42.4 Å². The molecule has 1 aliphatic rings. The monoisotopic (exact) mass is 498 g/mol. The molecule has 0 spiro atoms. The molecule has 28 heavy (non-hydrogen) atoms. The van der Waals surface area contributed by atoms with Crippen molar-refractivity contribution >= 4 is 29.9 Å². The Hall–Kier alpha value is -1.68. The molecule has 0 amide bonds. The van der Waals surface area contributed by atoms with Crippen LogP contribution in [0.1, 0.15) is 38.2 Å². The van der Waals surface area contributed by atoms with Crippen LogP contribution in [0.4, 0.5) is 0 Å². The lowest BCUT2D eigenvalue weighted by atomic mass is 9.67. The van der Waals surface area contributed by atoms with Crippen LogP contribution in [0, 0.1) is 5.41 Å².